The lowest BCUT2D eigenvalue weighted by molar-refractivity contribution is -0.138. The largest absolute Gasteiger partial charge is 0.468 e. The number of ether oxygens (including phenoxy) is 1. The van der Waals surface area contributed by atoms with Gasteiger partial charge in [0.25, 0.3) is 6.47 Å². The number of Topliss-reactive ketones (excluding diaryl/α,β-unsaturated/α-hetero) is 2. The quantitative estimate of drug-likeness (QED) is 0.665. The summed E-state index contributed by atoms with van der Waals surface area (Å²) in [4.78, 5) is 33.8. The van der Waals surface area contributed by atoms with Crippen LogP contribution in [-0.4, -0.2) is 24.6 Å². The Bertz CT molecular complexity index is 337. The first-order valence-electron chi connectivity index (χ1n) is 7.05. The van der Waals surface area contributed by atoms with Crippen molar-refractivity contribution in [3.8, 4) is 0 Å². The molecule has 0 heterocycles. The molecule has 0 amide bonds. The Hall–Kier alpha value is -1.19. The van der Waals surface area contributed by atoms with Gasteiger partial charge in [-0.2, -0.15) is 0 Å². The van der Waals surface area contributed by atoms with Crippen LogP contribution in [0.4, 0.5) is 0 Å². The van der Waals surface area contributed by atoms with E-state index in [4.69, 9.17) is 4.74 Å². The maximum absolute atomic E-state index is 12.5. The van der Waals surface area contributed by atoms with Crippen LogP contribution in [0, 0.1) is 23.7 Å². The second-order valence-corrected chi connectivity index (χ2v) is 5.82. The predicted molar refractivity (Wildman–Crippen MR) is 71.5 cm³/mol. The molecular weight excluding hydrogens is 244 g/mol. The minimum atomic E-state index is -0.0342. The summed E-state index contributed by atoms with van der Waals surface area (Å²) < 4.78 is 4.77. The molecule has 19 heavy (non-hydrogen) atoms. The summed E-state index contributed by atoms with van der Waals surface area (Å²) in [5.74, 6) is 0.753. The lowest BCUT2D eigenvalue weighted by Gasteiger charge is -2.35. The van der Waals surface area contributed by atoms with E-state index in [1.54, 1.807) is 6.92 Å². The summed E-state index contributed by atoms with van der Waals surface area (Å²) in [7, 11) is 0. The average molecular weight is 268 g/mol. The molecule has 4 atom stereocenters. The van der Waals surface area contributed by atoms with Crippen molar-refractivity contribution in [3.63, 3.8) is 0 Å². The van der Waals surface area contributed by atoms with E-state index < -0.39 is 0 Å². The summed E-state index contributed by atoms with van der Waals surface area (Å²) in [6, 6.07) is 0. The molecule has 0 unspecified atom stereocenters. The molecule has 0 saturated heterocycles. The molecule has 4 nitrogen and oxygen atoms in total. The van der Waals surface area contributed by atoms with E-state index in [2.05, 4.69) is 6.92 Å². The van der Waals surface area contributed by atoms with Crippen LogP contribution in [0.15, 0.2) is 0 Å². The number of ketones is 2. The smallest absolute Gasteiger partial charge is 0.293 e. The van der Waals surface area contributed by atoms with Crippen molar-refractivity contribution >= 4 is 18.0 Å². The highest BCUT2D eigenvalue weighted by molar-refractivity contribution is 5.85. The van der Waals surface area contributed by atoms with Gasteiger partial charge in [0.15, 0.2) is 0 Å². The van der Waals surface area contributed by atoms with Crippen molar-refractivity contribution < 1.29 is 19.1 Å². The molecule has 1 aliphatic carbocycles. The molecule has 1 rings (SSSR count). The average Bonchev–Trinajstić information content (AvgIpc) is 2.35. The van der Waals surface area contributed by atoms with Gasteiger partial charge in [0, 0.05) is 18.3 Å². The number of hydrogen-bond acceptors (Lipinski definition) is 4. The third kappa shape index (κ3) is 4.44. The maximum atomic E-state index is 12.5. The second kappa shape index (κ2) is 7.41. The molecule has 1 fully saturated rings. The van der Waals surface area contributed by atoms with E-state index in [0.717, 1.165) is 12.8 Å². The Morgan fingerprint density at radius 2 is 2.16 bits per heavy atom. The van der Waals surface area contributed by atoms with Gasteiger partial charge in [-0.25, -0.2) is 0 Å². The van der Waals surface area contributed by atoms with E-state index in [1.165, 1.54) is 0 Å². The van der Waals surface area contributed by atoms with Crippen molar-refractivity contribution in [2.45, 2.75) is 46.5 Å². The van der Waals surface area contributed by atoms with Crippen LogP contribution in [0.3, 0.4) is 0 Å². The summed E-state index contributed by atoms with van der Waals surface area (Å²) in [5.41, 5.74) is 0. The summed E-state index contributed by atoms with van der Waals surface area (Å²) in [6.07, 6.45) is 3.00. The fraction of sp³-hybridized carbons (Fsp3) is 0.800. The lowest BCUT2D eigenvalue weighted by Crippen LogP contribution is -2.38. The monoisotopic (exact) mass is 268 g/mol. The summed E-state index contributed by atoms with van der Waals surface area (Å²) >= 11 is 0. The first-order chi connectivity index (χ1) is 8.97. The van der Waals surface area contributed by atoms with Gasteiger partial charge in [-0.1, -0.05) is 13.8 Å². The van der Waals surface area contributed by atoms with E-state index in [9.17, 15) is 14.4 Å². The molecule has 0 spiro atoms. The zero-order chi connectivity index (χ0) is 14.4. The molecule has 0 aliphatic heterocycles. The standard InChI is InChI=1S/C15H24O4/c1-10-4-6-14(11(2)8-19-9-16)15(18)13(10)7-5-12(3)17/h9-11,13-14H,4-8H2,1-3H3/t10-,11+,13+,14+/m1/s1. The van der Waals surface area contributed by atoms with Gasteiger partial charge < -0.3 is 9.53 Å². The fourth-order valence-corrected chi connectivity index (χ4v) is 3.00. The van der Waals surface area contributed by atoms with Gasteiger partial charge in [-0.3, -0.25) is 9.59 Å². The lowest BCUT2D eigenvalue weighted by atomic mass is 9.68. The Morgan fingerprint density at radius 3 is 2.74 bits per heavy atom. The Balaban J connectivity index is 2.63. The number of rotatable bonds is 7. The highest BCUT2D eigenvalue weighted by Gasteiger charge is 2.38. The van der Waals surface area contributed by atoms with E-state index in [0.29, 0.717) is 31.8 Å². The predicted octanol–water partition coefficient (Wildman–Crippen LogP) is 2.40. The van der Waals surface area contributed by atoms with Crippen molar-refractivity contribution in [1.82, 2.24) is 0 Å². The molecule has 0 aromatic heterocycles. The van der Waals surface area contributed by atoms with E-state index in [1.807, 2.05) is 6.92 Å². The van der Waals surface area contributed by atoms with Crippen molar-refractivity contribution in [2.24, 2.45) is 23.7 Å². The number of carbonyl (C=O) groups is 3. The van der Waals surface area contributed by atoms with Crippen LogP contribution < -0.4 is 0 Å². The zero-order valence-electron chi connectivity index (χ0n) is 12.1. The van der Waals surface area contributed by atoms with Crippen LogP contribution in [0.1, 0.15) is 46.5 Å². The van der Waals surface area contributed by atoms with Crippen LogP contribution in [-0.2, 0) is 19.1 Å². The Morgan fingerprint density at radius 1 is 1.47 bits per heavy atom. The van der Waals surface area contributed by atoms with Gasteiger partial charge in [0.05, 0.1) is 6.61 Å². The molecule has 1 saturated carbocycles. The summed E-state index contributed by atoms with van der Waals surface area (Å²) in [6.45, 7) is 6.33. The normalized spacial score (nSPS) is 28.8. The van der Waals surface area contributed by atoms with Crippen LogP contribution in [0.5, 0.6) is 0 Å². The maximum Gasteiger partial charge on any atom is 0.293 e. The molecule has 1 aliphatic rings. The van der Waals surface area contributed by atoms with Crippen molar-refractivity contribution in [1.29, 1.82) is 0 Å². The van der Waals surface area contributed by atoms with Crippen molar-refractivity contribution in [3.05, 3.63) is 0 Å². The number of hydrogen-bond donors (Lipinski definition) is 0. The van der Waals surface area contributed by atoms with Gasteiger partial charge in [-0.15, -0.1) is 0 Å². The molecule has 0 aromatic rings. The summed E-state index contributed by atoms with van der Waals surface area (Å²) in [5, 5.41) is 0. The zero-order valence-corrected chi connectivity index (χ0v) is 12.1. The third-order valence-corrected chi connectivity index (χ3v) is 4.27. The SMILES string of the molecule is CC(=O)CC[C@@H]1C(=O)[C@H]([C@@H](C)COC=O)CC[C@H]1C. The van der Waals surface area contributed by atoms with E-state index >= 15 is 0 Å². The molecule has 0 N–H and O–H groups in total. The van der Waals surface area contributed by atoms with Gasteiger partial charge in [-0.05, 0) is 38.0 Å². The highest BCUT2D eigenvalue weighted by atomic mass is 16.5. The van der Waals surface area contributed by atoms with Crippen LogP contribution in [0.25, 0.3) is 0 Å². The van der Waals surface area contributed by atoms with Gasteiger partial charge in [0.1, 0.15) is 11.6 Å². The van der Waals surface area contributed by atoms with Crippen LogP contribution in [0.2, 0.25) is 0 Å². The molecule has 0 radical (unpaired) electrons. The molecule has 108 valence electrons. The van der Waals surface area contributed by atoms with E-state index in [-0.39, 0.29) is 29.3 Å². The van der Waals surface area contributed by atoms with Crippen LogP contribution >= 0.6 is 0 Å². The minimum Gasteiger partial charge on any atom is -0.468 e. The third-order valence-electron chi connectivity index (χ3n) is 4.27. The van der Waals surface area contributed by atoms with Crippen molar-refractivity contribution in [2.75, 3.05) is 6.61 Å². The molecule has 0 bridgehead atoms. The topological polar surface area (TPSA) is 60.4 Å². The van der Waals surface area contributed by atoms with Gasteiger partial charge in [0.2, 0.25) is 0 Å². The minimum absolute atomic E-state index is 0.0127. The Labute approximate surface area is 114 Å². The fourth-order valence-electron chi connectivity index (χ4n) is 3.00. The molecule has 4 heteroatoms. The Kier molecular flexibility index (Phi) is 6.19. The highest BCUT2D eigenvalue weighted by Crippen LogP contribution is 2.37. The van der Waals surface area contributed by atoms with Gasteiger partial charge >= 0.3 is 0 Å². The second-order valence-electron chi connectivity index (χ2n) is 5.82. The first kappa shape index (κ1) is 15.9. The first-order valence-corrected chi connectivity index (χ1v) is 7.05. The number of carbonyl (C=O) groups excluding carboxylic acids is 3. The molecule has 0 aromatic carbocycles. The molecular formula is C15H24O4.